The van der Waals surface area contributed by atoms with Crippen molar-refractivity contribution in [3.05, 3.63) is 65.7 Å². The molecule has 0 spiro atoms. The number of ether oxygens (including phenoxy) is 1. The van der Waals surface area contributed by atoms with Crippen molar-refractivity contribution < 1.29 is 14.7 Å². The number of rotatable bonds is 5. The second-order valence-corrected chi connectivity index (χ2v) is 3.99. The Labute approximate surface area is 116 Å². The predicted molar refractivity (Wildman–Crippen MR) is 75.0 cm³/mol. The molecular formula is C15H14N2O3. The van der Waals surface area contributed by atoms with Crippen molar-refractivity contribution in [2.75, 3.05) is 0 Å². The maximum absolute atomic E-state index is 11.8. The first-order valence-corrected chi connectivity index (χ1v) is 6.04. The second kappa shape index (κ2) is 6.94. The fraction of sp³-hybridized carbons (Fsp3) is 0.0667. The van der Waals surface area contributed by atoms with Crippen LogP contribution in [0.1, 0.15) is 15.9 Å². The molecule has 0 aliphatic carbocycles. The quantitative estimate of drug-likeness (QED) is 0.379. The van der Waals surface area contributed by atoms with Crippen LogP contribution >= 0.6 is 0 Å². The zero-order valence-corrected chi connectivity index (χ0v) is 10.7. The molecule has 0 saturated heterocycles. The number of hydrogen-bond donors (Lipinski definition) is 2. The summed E-state index contributed by atoms with van der Waals surface area (Å²) in [5, 5.41) is 13.4. The summed E-state index contributed by atoms with van der Waals surface area (Å²) in [4.78, 5) is 11.8. The van der Waals surface area contributed by atoms with Gasteiger partial charge in [-0.3, -0.25) is 4.79 Å². The molecule has 0 aromatic heterocycles. The van der Waals surface area contributed by atoms with Crippen molar-refractivity contribution >= 4 is 12.2 Å². The minimum absolute atomic E-state index is 0.374. The van der Waals surface area contributed by atoms with Crippen LogP contribution in [-0.4, -0.2) is 17.5 Å². The predicted octanol–water partition coefficient (Wildman–Crippen LogP) is 2.41. The molecular weight excluding hydrogens is 256 g/mol. The van der Waals surface area contributed by atoms with Crippen LogP contribution in [0.15, 0.2) is 59.8 Å². The Morgan fingerprint density at radius 1 is 1.15 bits per heavy atom. The topological polar surface area (TPSA) is 70.9 Å². The molecule has 2 aromatic rings. The molecule has 102 valence electrons. The lowest BCUT2D eigenvalue weighted by Crippen LogP contribution is -2.22. The number of benzene rings is 2. The molecule has 0 atom stereocenters. The van der Waals surface area contributed by atoms with Crippen LogP contribution in [0.25, 0.3) is 0 Å². The Hall–Kier alpha value is -2.82. The fourth-order valence-electron chi connectivity index (χ4n) is 1.68. The summed E-state index contributed by atoms with van der Waals surface area (Å²) < 4.78 is 5.66. The van der Waals surface area contributed by atoms with E-state index in [9.17, 15) is 4.79 Å². The number of oxime groups is 1. The summed E-state index contributed by atoms with van der Waals surface area (Å²) in [5.41, 5.74) is 1.39. The van der Waals surface area contributed by atoms with E-state index in [0.29, 0.717) is 17.9 Å². The normalized spacial score (nSPS) is 10.4. The Morgan fingerprint density at radius 2 is 1.85 bits per heavy atom. The van der Waals surface area contributed by atoms with Crippen molar-refractivity contribution in [3.63, 3.8) is 0 Å². The molecule has 2 N–H and O–H groups in total. The van der Waals surface area contributed by atoms with Crippen LogP contribution in [0.5, 0.6) is 5.75 Å². The van der Waals surface area contributed by atoms with Gasteiger partial charge in [0, 0.05) is 0 Å². The second-order valence-electron chi connectivity index (χ2n) is 3.99. The van der Waals surface area contributed by atoms with Crippen molar-refractivity contribution in [2.45, 2.75) is 6.61 Å². The van der Waals surface area contributed by atoms with Gasteiger partial charge in [-0.1, -0.05) is 47.6 Å². The largest absolute Gasteiger partial charge is 0.488 e. The summed E-state index contributed by atoms with van der Waals surface area (Å²) in [5.74, 6) is 0.0756. The molecule has 0 saturated carbocycles. The van der Waals surface area contributed by atoms with E-state index in [0.717, 1.165) is 11.9 Å². The van der Waals surface area contributed by atoms with Gasteiger partial charge in [-0.15, -0.1) is 0 Å². The van der Waals surface area contributed by atoms with Crippen LogP contribution in [0.4, 0.5) is 0 Å². The first-order chi connectivity index (χ1) is 9.81. The molecule has 5 heteroatoms. The Morgan fingerprint density at radius 3 is 2.60 bits per heavy atom. The highest BCUT2D eigenvalue weighted by Gasteiger charge is 2.10. The molecule has 2 rings (SSSR count). The van der Waals surface area contributed by atoms with Crippen molar-refractivity contribution in [1.82, 2.24) is 5.32 Å². The number of hydrogen-bond acceptors (Lipinski definition) is 4. The number of nitrogens with one attached hydrogen (secondary N) is 1. The molecule has 0 radical (unpaired) electrons. The fourth-order valence-corrected chi connectivity index (χ4v) is 1.68. The maximum atomic E-state index is 11.8. The zero-order valence-electron chi connectivity index (χ0n) is 10.7. The smallest absolute Gasteiger partial charge is 0.260 e. The van der Waals surface area contributed by atoms with E-state index >= 15 is 0 Å². The van der Waals surface area contributed by atoms with Gasteiger partial charge in [0.15, 0.2) is 0 Å². The minimum Gasteiger partial charge on any atom is -0.488 e. The van der Waals surface area contributed by atoms with Crippen molar-refractivity contribution in [3.8, 4) is 5.75 Å². The lowest BCUT2D eigenvalue weighted by atomic mass is 10.2. The summed E-state index contributed by atoms with van der Waals surface area (Å²) in [7, 11) is 0. The highest BCUT2D eigenvalue weighted by Crippen LogP contribution is 2.19. The molecule has 0 aliphatic heterocycles. The molecule has 20 heavy (non-hydrogen) atoms. The van der Waals surface area contributed by atoms with Crippen molar-refractivity contribution in [2.24, 2.45) is 5.16 Å². The molecule has 0 unspecified atom stereocenters. The van der Waals surface area contributed by atoms with Crippen molar-refractivity contribution in [1.29, 1.82) is 0 Å². The highest BCUT2D eigenvalue weighted by atomic mass is 16.5. The van der Waals surface area contributed by atoms with Crippen LogP contribution < -0.4 is 10.1 Å². The Kier molecular flexibility index (Phi) is 4.72. The molecule has 5 nitrogen and oxygen atoms in total. The molecule has 0 heterocycles. The average molecular weight is 270 g/mol. The third kappa shape index (κ3) is 3.58. The molecule has 1 amide bonds. The molecule has 0 aliphatic rings. The van der Waals surface area contributed by atoms with Gasteiger partial charge in [0.2, 0.25) is 0 Å². The summed E-state index contributed by atoms with van der Waals surface area (Å²) in [6.07, 6.45) is 0.913. The monoisotopic (exact) mass is 270 g/mol. The van der Waals surface area contributed by atoms with E-state index in [4.69, 9.17) is 9.94 Å². The highest BCUT2D eigenvalue weighted by molar-refractivity contribution is 6.02. The number of carbonyl (C=O) groups is 1. The van der Waals surface area contributed by atoms with Crippen LogP contribution in [0.3, 0.4) is 0 Å². The van der Waals surface area contributed by atoms with Gasteiger partial charge in [-0.2, -0.15) is 0 Å². The number of carbonyl (C=O) groups excluding carboxylic acids is 1. The SMILES string of the molecule is O=C(N/C=N/O)c1ccccc1OCc1ccccc1. The van der Waals surface area contributed by atoms with E-state index in [-0.39, 0.29) is 0 Å². The first-order valence-electron chi connectivity index (χ1n) is 6.04. The molecule has 0 fully saturated rings. The van der Waals surface area contributed by atoms with E-state index in [1.165, 1.54) is 0 Å². The van der Waals surface area contributed by atoms with Crippen LogP contribution in [-0.2, 0) is 6.61 Å². The Bertz CT molecular complexity index is 597. The van der Waals surface area contributed by atoms with E-state index in [1.807, 2.05) is 30.3 Å². The number of amides is 1. The van der Waals surface area contributed by atoms with Gasteiger partial charge in [0.05, 0.1) is 5.56 Å². The van der Waals surface area contributed by atoms with E-state index < -0.39 is 5.91 Å². The molecule has 0 bridgehead atoms. The third-order valence-corrected chi connectivity index (χ3v) is 2.62. The van der Waals surface area contributed by atoms with Gasteiger partial charge in [0.25, 0.3) is 5.91 Å². The minimum atomic E-state index is -0.397. The van der Waals surface area contributed by atoms with E-state index in [1.54, 1.807) is 24.3 Å². The van der Waals surface area contributed by atoms with Gasteiger partial charge in [-0.25, -0.2) is 0 Å². The first kappa shape index (κ1) is 13.6. The van der Waals surface area contributed by atoms with Crippen LogP contribution in [0.2, 0.25) is 0 Å². The summed E-state index contributed by atoms with van der Waals surface area (Å²) >= 11 is 0. The standard InChI is InChI=1S/C15H14N2O3/c18-15(16-11-17-19)13-8-4-5-9-14(13)20-10-12-6-2-1-3-7-12/h1-9,11,19H,10H2,(H,16,17,18). The lowest BCUT2D eigenvalue weighted by molar-refractivity contribution is 0.0972. The van der Waals surface area contributed by atoms with Gasteiger partial charge in [-0.05, 0) is 17.7 Å². The lowest BCUT2D eigenvalue weighted by Gasteiger charge is -2.10. The van der Waals surface area contributed by atoms with E-state index in [2.05, 4.69) is 10.5 Å². The average Bonchev–Trinajstić information content (AvgIpc) is 2.52. The summed E-state index contributed by atoms with van der Waals surface area (Å²) in [6.45, 7) is 0.374. The third-order valence-electron chi connectivity index (χ3n) is 2.62. The summed E-state index contributed by atoms with van der Waals surface area (Å²) in [6, 6.07) is 16.6. The zero-order chi connectivity index (χ0) is 14.2. The Balaban J connectivity index is 2.10. The van der Waals surface area contributed by atoms with Gasteiger partial charge < -0.3 is 15.3 Å². The number of para-hydroxylation sites is 1. The maximum Gasteiger partial charge on any atom is 0.260 e. The number of nitrogens with zero attached hydrogens (tertiary/aromatic N) is 1. The van der Waals surface area contributed by atoms with Gasteiger partial charge >= 0.3 is 0 Å². The van der Waals surface area contributed by atoms with Gasteiger partial charge in [0.1, 0.15) is 18.7 Å². The van der Waals surface area contributed by atoms with Crippen LogP contribution in [0, 0.1) is 0 Å². The molecule has 2 aromatic carbocycles.